The van der Waals surface area contributed by atoms with Gasteiger partial charge in [-0.25, -0.2) is 0 Å². The molecule has 0 N–H and O–H groups in total. The third kappa shape index (κ3) is 4.44. The molecule has 1 aliphatic carbocycles. The van der Waals surface area contributed by atoms with Crippen LogP contribution in [0.5, 0.6) is 0 Å². The summed E-state index contributed by atoms with van der Waals surface area (Å²) >= 11 is 1.99. The van der Waals surface area contributed by atoms with E-state index < -0.39 is 0 Å². The fraction of sp³-hybridized carbons (Fsp3) is 0.467. The molecule has 0 nitrogen and oxygen atoms in total. The van der Waals surface area contributed by atoms with Gasteiger partial charge in [-0.15, -0.1) is 11.8 Å². The average Bonchev–Trinajstić information content (AvgIpc) is 2.26. The molecular formula is C15H22S. The Kier molecular flexibility index (Phi) is 5.68. The summed E-state index contributed by atoms with van der Waals surface area (Å²) in [5, 5.41) is 0.614. The van der Waals surface area contributed by atoms with E-state index in [-0.39, 0.29) is 0 Å². The van der Waals surface area contributed by atoms with Crippen molar-refractivity contribution in [2.45, 2.75) is 39.4 Å². The molecule has 0 bridgehead atoms. The van der Waals surface area contributed by atoms with Crippen molar-refractivity contribution in [3.05, 3.63) is 46.9 Å². The fourth-order valence-corrected chi connectivity index (χ4v) is 2.66. The van der Waals surface area contributed by atoms with Gasteiger partial charge >= 0.3 is 0 Å². The van der Waals surface area contributed by atoms with Crippen molar-refractivity contribution in [1.82, 2.24) is 0 Å². The van der Waals surface area contributed by atoms with E-state index in [1.807, 2.05) is 11.8 Å². The van der Waals surface area contributed by atoms with Crippen LogP contribution in [0, 0.1) is 5.92 Å². The molecule has 0 aromatic rings. The van der Waals surface area contributed by atoms with Crippen LogP contribution < -0.4 is 0 Å². The van der Waals surface area contributed by atoms with Crippen LogP contribution in [0.25, 0.3) is 0 Å². The Labute approximate surface area is 104 Å². The first kappa shape index (κ1) is 13.4. The molecule has 1 aliphatic rings. The largest absolute Gasteiger partial charge is 0.122 e. The van der Waals surface area contributed by atoms with Gasteiger partial charge in [0.25, 0.3) is 0 Å². The predicted octanol–water partition coefficient (Wildman–Crippen LogP) is 5.11. The van der Waals surface area contributed by atoms with Gasteiger partial charge in [0.1, 0.15) is 0 Å². The lowest BCUT2D eigenvalue weighted by molar-refractivity contribution is 0.814. The second-order valence-electron chi connectivity index (χ2n) is 4.45. The number of rotatable bonds is 4. The van der Waals surface area contributed by atoms with Crippen LogP contribution in [-0.4, -0.2) is 5.25 Å². The molecule has 1 atom stereocenters. The lowest BCUT2D eigenvalue weighted by atomic mass is 10.1. The molecule has 1 unspecified atom stereocenters. The SMILES string of the molecule is C/C=C\C=C(\SC1C=CC(C)=CC1)C(C)C. The van der Waals surface area contributed by atoms with Crippen LogP contribution in [0.3, 0.4) is 0 Å². The lowest BCUT2D eigenvalue weighted by Crippen LogP contribution is -2.03. The van der Waals surface area contributed by atoms with Gasteiger partial charge in [0, 0.05) is 5.25 Å². The Bertz CT molecular complexity index is 329. The van der Waals surface area contributed by atoms with Gasteiger partial charge in [-0.2, -0.15) is 0 Å². The fourth-order valence-electron chi connectivity index (χ4n) is 1.53. The van der Waals surface area contributed by atoms with Crippen LogP contribution in [0.2, 0.25) is 0 Å². The van der Waals surface area contributed by atoms with Gasteiger partial charge in [-0.1, -0.05) is 55.9 Å². The van der Waals surface area contributed by atoms with Gasteiger partial charge < -0.3 is 0 Å². The van der Waals surface area contributed by atoms with Crippen LogP contribution in [0.15, 0.2) is 46.9 Å². The minimum atomic E-state index is 0.613. The Hall–Kier alpha value is -0.690. The maximum Gasteiger partial charge on any atom is 0.0309 e. The van der Waals surface area contributed by atoms with E-state index in [0.717, 1.165) is 6.42 Å². The van der Waals surface area contributed by atoms with Gasteiger partial charge in [-0.05, 0) is 31.1 Å². The van der Waals surface area contributed by atoms with Crippen LogP contribution in [0.1, 0.15) is 34.1 Å². The summed E-state index contributed by atoms with van der Waals surface area (Å²) in [6.07, 6.45) is 14.5. The Balaban J connectivity index is 2.60. The van der Waals surface area contributed by atoms with E-state index in [0.29, 0.717) is 11.2 Å². The first-order chi connectivity index (χ1) is 7.63. The summed E-state index contributed by atoms with van der Waals surface area (Å²) < 4.78 is 0. The van der Waals surface area contributed by atoms with Crippen LogP contribution in [0.4, 0.5) is 0 Å². The molecule has 0 aromatic carbocycles. The molecule has 0 amide bonds. The van der Waals surface area contributed by atoms with Gasteiger partial charge in [0.15, 0.2) is 0 Å². The highest BCUT2D eigenvalue weighted by Gasteiger charge is 2.12. The molecular weight excluding hydrogens is 212 g/mol. The second kappa shape index (κ2) is 6.80. The average molecular weight is 234 g/mol. The quantitative estimate of drug-likeness (QED) is 0.609. The van der Waals surface area contributed by atoms with Gasteiger partial charge in [0.05, 0.1) is 0 Å². The lowest BCUT2D eigenvalue weighted by Gasteiger charge is -2.18. The van der Waals surface area contributed by atoms with Crippen molar-refractivity contribution >= 4 is 11.8 Å². The Morgan fingerprint density at radius 2 is 2.25 bits per heavy atom. The zero-order valence-corrected chi connectivity index (χ0v) is 11.6. The third-order valence-corrected chi connectivity index (χ3v) is 4.09. The van der Waals surface area contributed by atoms with Crippen molar-refractivity contribution in [1.29, 1.82) is 0 Å². The molecule has 0 fully saturated rings. The number of hydrogen-bond donors (Lipinski definition) is 0. The first-order valence-electron chi connectivity index (χ1n) is 5.98. The van der Waals surface area contributed by atoms with Crippen molar-refractivity contribution < 1.29 is 0 Å². The highest BCUT2D eigenvalue weighted by Crippen LogP contribution is 2.32. The highest BCUT2D eigenvalue weighted by molar-refractivity contribution is 8.03. The maximum atomic E-state index is 2.33. The number of thioether (sulfide) groups is 1. The van der Waals surface area contributed by atoms with E-state index in [1.54, 1.807) is 0 Å². The summed E-state index contributed by atoms with van der Waals surface area (Å²) in [5.41, 5.74) is 1.39. The smallest absolute Gasteiger partial charge is 0.0309 e. The molecule has 0 heterocycles. The van der Waals surface area contributed by atoms with E-state index >= 15 is 0 Å². The zero-order chi connectivity index (χ0) is 12.0. The topological polar surface area (TPSA) is 0 Å². The Morgan fingerprint density at radius 3 is 2.75 bits per heavy atom. The summed E-state index contributed by atoms with van der Waals surface area (Å²) in [5.74, 6) is 0.613. The van der Waals surface area contributed by atoms with Gasteiger partial charge in [-0.3, -0.25) is 0 Å². The molecule has 0 radical (unpaired) electrons. The third-order valence-electron chi connectivity index (χ3n) is 2.56. The minimum absolute atomic E-state index is 0.613. The monoisotopic (exact) mass is 234 g/mol. The number of hydrogen-bond acceptors (Lipinski definition) is 1. The highest BCUT2D eigenvalue weighted by atomic mass is 32.2. The molecule has 88 valence electrons. The minimum Gasteiger partial charge on any atom is -0.122 e. The molecule has 0 saturated heterocycles. The molecule has 16 heavy (non-hydrogen) atoms. The molecule has 0 aromatic heterocycles. The van der Waals surface area contributed by atoms with E-state index in [4.69, 9.17) is 0 Å². The van der Waals surface area contributed by atoms with Crippen LogP contribution in [-0.2, 0) is 0 Å². The van der Waals surface area contributed by atoms with Crippen molar-refractivity contribution in [2.24, 2.45) is 5.92 Å². The molecule has 1 heteroatoms. The summed E-state index contributed by atoms with van der Waals surface area (Å²) in [6.45, 7) is 8.74. The van der Waals surface area contributed by atoms with Crippen molar-refractivity contribution in [3.8, 4) is 0 Å². The zero-order valence-electron chi connectivity index (χ0n) is 10.7. The summed E-state index contributed by atoms with van der Waals surface area (Å²) in [4.78, 5) is 1.47. The Morgan fingerprint density at radius 1 is 1.50 bits per heavy atom. The van der Waals surface area contributed by atoms with Gasteiger partial charge in [0.2, 0.25) is 0 Å². The normalized spacial score (nSPS) is 21.9. The maximum absolute atomic E-state index is 2.33. The van der Waals surface area contributed by atoms with E-state index in [2.05, 4.69) is 64.2 Å². The number of allylic oxidation sites excluding steroid dienone is 7. The predicted molar refractivity (Wildman–Crippen MR) is 76.6 cm³/mol. The molecule has 0 saturated carbocycles. The van der Waals surface area contributed by atoms with E-state index in [1.165, 1.54) is 10.5 Å². The second-order valence-corrected chi connectivity index (χ2v) is 5.76. The standard InChI is InChI=1S/C15H22S/c1-5-6-7-15(12(2)3)16-14-10-8-13(4)9-11-14/h5-10,12,14H,11H2,1-4H3/b6-5-,15-7+. The summed E-state index contributed by atoms with van der Waals surface area (Å²) in [7, 11) is 0. The van der Waals surface area contributed by atoms with Crippen molar-refractivity contribution in [3.63, 3.8) is 0 Å². The van der Waals surface area contributed by atoms with E-state index in [9.17, 15) is 0 Å². The molecule has 0 spiro atoms. The first-order valence-corrected chi connectivity index (χ1v) is 6.86. The van der Waals surface area contributed by atoms with Crippen LogP contribution >= 0.6 is 11.8 Å². The summed E-state index contributed by atoms with van der Waals surface area (Å²) in [6, 6.07) is 0. The molecule has 1 rings (SSSR count). The van der Waals surface area contributed by atoms with Crippen molar-refractivity contribution in [2.75, 3.05) is 0 Å². The molecule has 0 aliphatic heterocycles.